The van der Waals surface area contributed by atoms with Crippen LogP contribution in [0.5, 0.6) is 0 Å². The third kappa shape index (κ3) is 3.57. The number of nitrogens with zero attached hydrogens (tertiary/aromatic N) is 1. The minimum atomic E-state index is -0.0979. The molecule has 2 aromatic carbocycles. The fourth-order valence-electron chi connectivity index (χ4n) is 2.69. The second-order valence-corrected chi connectivity index (χ2v) is 6.58. The summed E-state index contributed by atoms with van der Waals surface area (Å²) < 4.78 is 2.63. The summed E-state index contributed by atoms with van der Waals surface area (Å²) in [5.74, 6) is -0.0979. The predicted molar refractivity (Wildman–Crippen MR) is 98.9 cm³/mol. The molecule has 1 aromatic heterocycles. The van der Waals surface area contributed by atoms with Crippen molar-refractivity contribution in [3.8, 4) is 0 Å². The number of amides is 1. The van der Waals surface area contributed by atoms with Crippen molar-refractivity contribution >= 4 is 32.7 Å². The number of halogens is 1. The molecular formula is C19H17BrN2O2. The topological polar surface area (TPSA) is 51.1 Å². The van der Waals surface area contributed by atoms with E-state index in [1.54, 1.807) is 16.8 Å². The highest BCUT2D eigenvalue weighted by Crippen LogP contribution is 2.17. The first-order valence-electron chi connectivity index (χ1n) is 7.67. The number of hydrogen-bond donors (Lipinski definition) is 1. The summed E-state index contributed by atoms with van der Waals surface area (Å²) in [5.41, 5.74) is 1.74. The van der Waals surface area contributed by atoms with Crippen LogP contribution >= 0.6 is 15.9 Å². The van der Waals surface area contributed by atoms with E-state index in [-0.39, 0.29) is 23.9 Å². The van der Waals surface area contributed by atoms with Gasteiger partial charge in [0.15, 0.2) is 5.43 Å². The van der Waals surface area contributed by atoms with Crippen LogP contribution < -0.4 is 10.7 Å². The molecule has 0 radical (unpaired) electrons. The van der Waals surface area contributed by atoms with Crippen LogP contribution in [0, 0.1) is 0 Å². The smallest absolute Gasteiger partial charge is 0.240 e. The molecule has 24 heavy (non-hydrogen) atoms. The lowest BCUT2D eigenvalue weighted by Crippen LogP contribution is -2.30. The number of carbonyl (C=O) groups excluding carboxylic acids is 1. The average molecular weight is 385 g/mol. The fourth-order valence-corrected chi connectivity index (χ4v) is 3.05. The first kappa shape index (κ1) is 16.5. The van der Waals surface area contributed by atoms with E-state index < -0.39 is 0 Å². The maximum atomic E-state index is 12.4. The SMILES string of the molecule is C[C@H](NC(=O)Cn1ccc(=O)c2cc(Br)ccc21)c1ccccc1. The molecule has 0 aliphatic heterocycles. The minimum Gasteiger partial charge on any atom is -0.348 e. The average Bonchev–Trinajstić information content (AvgIpc) is 2.58. The number of hydrogen-bond acceptors (Lipinski definition) is 2. The van der Waals surface area contributed by atoms with Gasteiger partial charge in [-0.05, 0) is 30.7 Å². The van der Waals surface area contributed by atoms with E-state index in [1.165, 1.54) is 6.07 Å². The maximum Gasteiger partial charge on any atom is 0.240 e. The molecular weight excluding hydrogens is 368 g/mol. The molecule has 0 spiro atoms. The minimum absolute atomic E-state index is 0.0550. The van der Waals surface area contributed by atoms with E-state index in [2.05, 4.69) is 21.2 Å². The molecule has 1 heterocycles. The Kier molecular flexibility index (Phi) is 4.81. The lowest BCUT2D eigenvalue weighted by atomic mass is 10.1. The Hall–Kier alpha value is -2.40. The van der Waals surface area contributed by atoms with Gasteiger partial charge in [0.05, 0.1) is 11.6 Å². The zero-order chi connectivity index (χ0) is 17.1. The molecule has 5 heteroatoms. The zero-order valence-electron chi connectivity index (χ0n) is 13.2. The highest BCUT2D eigenvalue weighted by atomic mass is 79.9. The van der Waals surface area contributed by atoms with Crippen molar-refractivity contribution in [1.82, 2.24) is 9.88 Å². The van der Waals surface area contributed by atoms with E-state index in [4.69, 9.17) is 0 Å². The molecule has 3 aromatic rings. The van der Waals surface area contributed by atoms with Gasteiger partial charge in [0.25, 0.3) is 0 Å². The summed E-state index contributed by atoms with van der Waals surface area (Å²) in [4.78, 5) is 24.4. The summed E-state index contributed by atoms with van der Waals surface area (Å²) in [7, 11) is 0. The van der Waals surface area contributed by atoms with Gasteiger partial charge in [-0.2, -0.15) is 0 Å². The van der Waals surface area contributed by atoms with Crippen molar-refractivity contribution < 1.29 is 4.79 Å². The molecule has 4 nitrogen and oxygen atoms in total. The summed E-state index contributed by atoms with van der Waals surface area (Å²) in [6.07, 6.45) is 1.66. The molecule has 0 bridgehead atoms. The fraction of sp³-hybridized carbons (Fsp3) is 0.158. The van der Waals surface area contributed by atoms with Crippen molar-refractivity contribution in [2.75, 3.05) is 0 Å². The van der Waals surface area contributed by atoms with E-state index in [0.29, 0.717) is 5.39 Å². The van der Waals surface area contributed by atoms with Gasteiger partial charge < -0.3 is 9.88 Å². The molecule has 0 unspecified atom stereocenters. The third-order valence-corrected chi connectivity index (χ3v) is 4.42. The van der Waals surface area contributed by atoms with E-state index >= 15 is 0 Å². The number of aromatic nitrogens is 1. The van der Waals surface area contributed by atoms with Gasteiger partial charge in [0.1, 0.15) is 6.54 Å². The number of carbonyl (C=O) groups is 1. The second kappa shape index (κ2) is 7.01. The second-order valence-electron chi connectivity index (χ2n) is 5.67. The Labute approximate surface area is 148 Å². The van der Waals surface area contributed by atoms with Gasteiger partial charge in [-0.1, -0.05) is 46.3 Å². The molecule has 1 atom stereocenters. The molecule has 3 rings (SSSR count). The molecule has 122 valence electrons. The Morgan fingerprint density at radius 2 is 1.92 bits per heavy atom. The number of fused-ring (bicyclic) bond motifs is 1. The lowest BCUT2D eigenvalue weighted by molar-refractivity contribution is -0.122. The van der Waals surface area contributed by atoms with Crippen LogP contribution in [0.4, 0.5) is 0 Å². The summed E-state index contributed by atoms with van der Waals surface area (Å²) in [6, 6.07) is 16.7. The number of nitrogens with one attached hydrogen (secondary N) is 1. The highest BCUT2D eigenvalue weighted by molar-refractivity contribution is 9.10. The first-order chi connectivity index (χ1) is 11.5. The van der Waals surface area contributed by atoms with Crippen LogP contribution in [0.1, 0.15) is 18.5 Å². The molecule has 0 saturated heterocycles. The Bertz CT molecular complexity index is 935. The summed E-state index contributed by atoms with van der Waals surface area (Å²) >= 11 is 3.37. The van der Waals surface area contributed by atoms with Crippen molar-refractivity contribution in [2.24, 2.45) is 0 Å². The van der Waals surface area contributed by atoms with E-state index in [0.717, 1.165) is 15.6 Å². The quantitative estimate of drug-likeness (QED) is 0.746. The number of benzene rings is 2. The van der Waals surface area contributed by atoms with Crippen molar-refractivity contribution in [1.29, 1.82) is 0 Å². The standard InChI is InChI=1S/C19H17BrN2O2/c1-13(14-5-3-2-4-6-14)21-19(24)12-22-10-9-18(23)16-11-15(20)7-8-17(16)22/h2-11,13H,12H2,1H3,(H,21,24)/t13-/m0/s1. The van der Waals surface area contributed by atoms with Gasteiger partial charge in [-0.15, -0.1) is 0 Å². The maximum absolute atomic E-state index is 12.4. The zero-order valence-corrected chi connectivity index (χ0v) is 14.8. The Morgan fingerprint density at radius 3 is 2.67 bits per heavy atom. The number of rotatable bonds is 4. The molecule has 0 aliphatic carbocycles. The van der Waals surface area contributed by atoms with E-state index in [9.17, 15) is 9.59 Å². The monoisotopic (exact) mass is 384 g/mol. The van der Waals surface area contributed by atoms with Gasteiger partial charge in [0, 0.05) is 22.1 Å². The van der Waals surface area contributed by atoms with Crippen LogP contribution in [0.3, 0.4) is 0 Å². The van der Waals surface area contributed by atoms with Crippen LogP contribution in [-0.2, 0) is 11.3 Å². The van der Waals surface area contributed by atoms with E-state index in [1.807, 2.05) is 49.4 Å². The third-order valence-electron chi connectivity index (χ3n) is 3.93. The largest absolute Gasteiger partial charge is 0.348 e. The normalized spacial score (nSPS) is 12.1. The molecule has 1 amide bonds. The lowest BCUT2D eigenvalue weighted by Gasteiger charge is -2.16. The first-order valence-corrected chi connectivity index (χ1v) is 8.47. The summed E-state index contributed by atoms with van der Waals surface area (Å²) in [6.45, 7) is 2.11. The van der Waals surface area contributed by atoms with Crippen LogP contribution in [-0.4, -0.2) is 10.5 Å². The van der Waals surface area contributed by atoms with Crippen LogP contribution in [0.15, 0.2) is 70.1 Å². The molecule has 0 fully saturated rings. The van der Waals surface area contributed by atoms with Crippen molar-refractivity contribution in [2.45, 2.75) is 19.5 Å². The highest BCUT2D eigenvalue weighted by Gasteiger charge is 2.11. The van der Waals surface area contributed by atoms with Gasteiger partial charge in [-0.3, -0.25) is 9.59 Å². The molecule has 1 N–H and O–H groups in total. The van der Waals surface area contributed by atoms with Gasteiger partial charge in [0.2, 0.25) is 5.91 Å². The predicted octanol–water partition coefficient (Wildman–Crippen LogP) is 3.64. The Balaban J connectivity index is 1.81. The molecule has 0 saturated carbocycles. The summed E-state index contributed by atoms with van der Waals surface area (Å²) in [5, 5.41) is 3.58. The van der Waals surface area contributed by atoms with Crippen molar-refractivity contribution in [3.63, 3.8) is 0 Å². The Morgan fingerprint density at radius 1 is 1.17 bits per heavy atom. The number of pyridine rings is 1. The van der Waals surface area contributed by atoms with Crippen LogP contribution in [0.25, 0.3) is 10.9 Å². The van der Waals surface area contributed by atoms with Crippen molar-refractivity contribution in [3.05, 3.63) is 81.1 Å². The van der Waals surface area contributed by atoms with Gasteiger partial charge >= 0.3 is 0 Å². The van der Waals surface area contributed by atoms with Gasteiger partial charge in [-0.25, -0.2) is 0 Å². The molecule has 0 aliphatic rings. The van der Waals surface area contributed by atoms with Crippen LogP contribution in [0.2, 0.25) is 0 Å².